The Kier molecular flexibility index (Phi) is 16.7. The Bertz CT molecular complexity index is 3000. The Morgan fingerprint density at radius 2 is 0.915 bits per heavy atom. The molecular formula is C56H63ClN6O8. The number of hydrogen-bond acceptors (Lipinski definition) is 10. The molecule has 10 rings (SSSR count). The Balaban J connectivity index is 0.000000205. The Morgan fingerprint density at radius 1 is 0.577 bits per heavy atom. The highest BCUT2D eigenvalue weighted by molar-refractivity contribution is 6.63. The van der Waals surface area contributed by atoms with E-state index in [2.05, 4.69) is 83.0 Å². The van der Waals surface area contributed by atoms with Gasteiger partial charge in [-0.05, 0) is 81.8 Å². The molecule has 0 spiro atoms. The van der Waals surface area contributed by atoms with E-state index in [1.165, 1.54) is 44.5 Å². The van der Waals surface area contributed by atoms with Crippen molar-refractivity contribution in [2.45, 2.75) is 92.2 Å². The fraction of sp³-hybridized carbons (Fsp3) is 0.357. The summed E-state index contributed by atoms with van der Waals surface area (Å²) in [6.45, 7) is 7.74. The second-order valence-electron chi connectivity index (χ2n) is 18.6. The first-order valence-electron chi connectivity index (χ1n) is 23.2. The Morgan fingerprint density at radius 3 is 1.28 bits per heavy atom. The van der Waals surface area contributed by atoms with Crippen LogP contribution in [0.5, 0.6) is 11.5 Å². The van der Waals surface area contributed by atoms with E-state index in [-0.39, 0.29) is 78.9 Å². The molecule has 2 aliphatic heterocycles. The summed E-state index contributed by atoms with van der Waals surface area (Å²) < 4.78 is 8.63. The van der Waals surface area contributed by atoms with Gasteiger partial charge in [-0.25, -0.2) is 0 Å². The minimum absolute atomic E-state index is 0. The van der Waals surface area contributed by atoms with Crippen LogP contribution in [0.25, 0.3) is 0 Å². The molecule has 4 aromatic carbocycles. The van der Waals surface area contributed by atoms with Gasteiger partial charge in [0, 0.05) is 44.9 Å². The van der Waals surface area contributed by atoms with Crippen LogP contribution in [0.15, 0.2) is 119 Å². The van der Waals surface area contributed by atoms with Crippen molar-refractivity contribution >= 4 is 34.6 Å². The van der Waals surface area contributed by atoms with Crippen LogP contribution in [0.1, 0.15) is 132 Å². The summed E-state index contributed by atoms with van der Waals surface area (Å²) >= 11 is 4.97. The predicted molar refractivity (Wildman–Crippen MR) is 275 cm³/mol. The van der Waals surface area contributed by atoms with E-state index in [1.54, 1.807) is 61.0 Å². The molecule has 14 nitrogen and oxygen atoms in total. The highest BCUT2D eigenvalue weighted by Gasteiger charge is 2.42. The van der Waals surface area contributed by atoms with Crippen LogP contribution < -0.4 is 15.6 Å². The summed E-state index contributed by atoms with van der Waals surface area (Å²) in [5.74, 6) is -2.72. The number of fused-ring (bicyclic) bond motifs is 6. The molecule has 2 atom stereocenters. The quantitative estimate of drug-likeness (QED) is 0.130. The smallest absolute Gasteiger partial charge is 0.313 e. The highest BCUT2D eigenvalue weighted by Crippen LogP contribution is 2.45. The molecule has 0 bridgehead atoms. The zero-order valence-electron chi connectivity index (χ0n) is 39.5. The first kappa shape index (κ1) is 53.2. The van der Waals surface area contributed by atoms with Crippen molar-refractivity contribution in [3.63, 3.8) is 0 Å². The lowest BCUT2D eigenvalue weighted by molar-refractivity contribution is -0.137. The molecule has 372 valence electrons. The number of aromatic nitrogens is 4. The van der Waals surface area contributed by atoms with Gasteiger partial charge in [0.25, 0.3) is 11.8 Å². The Hall–Kier alpha value is -7.19. The maximum atomic E-state index is 13.3. The molecule has 4 heterocycles. The van der Waals surface area contributed by atoms with Gasteiger partial charge >= 0.3 is 5.97 Å². The number of hydrogen-bond donors (Lipinski definition) is 1. The molecule has 0 saturated carbocycles. The number of aryl methyl sites for hydroxylation is 4. The average molecular weight is 984 g/mol. The summed E-state index contributed by atoms with van der Waals surface area (Å²) in [4.78, 5) is 76.1. The monoisotopic (exact) mass is 982 g/mol. The summed E-state index contributed by atoms with van der Waals surface area (Å²) in [5, 5.41) is 18.8. The normalized spacial score (nSPS) is 16.8. The van der Waals surface area contributed by atoms with Gasteiger partial charge in [-0.3, -0.25) is 38.1 Å². The lowest BCUT2D eigenvalue weighted by atomic mass is 9.81. The maximum absolute atomic E-state index is 13.3. The van der Waals surface area contributed by atoms with Crippen LogP contribution in [0.3, 0.4) is 0 Å². The van der Waals surface area contributed by atoms with Gasteiger partial charge in [-0.15, -0.1) is 0 Å². The molecule has 0 radical (unpaired) electrons. The van der Waals surface area contributed by atoms with E-state index < -0.39 is 28.5 Å². The van der Waals surface area contributed by atoms with Crippen LogP contribution in [0, 0.1) is 11.8 Å². The number of carbonyl (C=O) groups excluding carboxylic acids is 4. The molecule has 0 saturated heterocycles. The lowest BCUT2D eigenvalue weighted by Crippen LogP contribution is -2.46. The zero-order chi connectivity index (χ0) is 49.3. The molecule has 4 aliphatic rings. The summed E-state index contributed by atoms with van der Waals surface area (Å²) in [6.07, 6.45) is 5.98. The molecule has 71 heavy (non-hydrogen) atoms. The minimum Gasteiger partial charge on any atom is -0.502 e. The van der Waals surface area contributed by atoms with Crippen molar-refractivity contribution in [2.24, 2.45) is 11.8 Å². The molecule has 2 amide bonds. The molecular weight excluding hydrogens is 920 g/mol. The van der Waals surface area contributed by atoms with Gasteiger partial charge in [-0.2, -0.15) is 10.2 Å². The number of rotatable bonds is 5. The van der Waals surface area contributed by atoms with Crippen LogP contribution >= 0.6 is 11.6 Å². The van der Waals surface area contributed by atoms with Crippen LogP contribution in [-0.2, 0) is 35.3 Å². The SMILES string of the molecule is C.C.CC(C)C(=O)Cl.CC(C)C(=O)Oc1c2n(ncc1=O)[C@@H](C1c3ccccc3CCc3ccccc31)CN(C)C2=O.CN1C[C@H](C2c3ccccc3CCc3ccccc32)n2ncc(=O)c(O)c2C1=O. The number of likely N-dealkylation sites (N-methyl/N-ethyl adjacent to an activating group) is 2. The predicted octanol–water partition coefficient (Wildman–Crippen LogP) is 8.55. The Labute approximate surface area is 419 Å². The summed E-state index contributed by atoms with van der Waals surface area (Å²) in [7, 11) is 3.41. The fourth-order valence-electron chi connectivity index (χ4n) is 9.83. The van der Waals surface area contributed by atoms with E-state index in [1.807, 2.05) is 24.3 Å². The zero-order valence-corrected chi connectivity index (χ0v) is 40.2. The highest BCUT2D eigenvalue weighted by atomic mass is 35.5. The fourth-order valence-corrected chi connectivity index (χ4v) is 9.83. The van der Waals surface area contributed by atoms with Crippen LogP contribution in [0.2, 0.25) is 0 Å². The number of nitrogens with zero attached hydrogens (tertiary/aromatic N) is 6. The van der Waals surface area contributed by atoms with Gasteiger partial charge < -0.3 is 19.6 Å². The van der Waals surface area contributed by atoms with Gasteiger partial charge in [0.15, 0.2) is 17.1 Å². The standard InChI is InChI=1S/C27H27N3O4.C23H21N3O3.C4H7ClO.2CH4/c1-16(2)27(33)34-25-22(31)14-28-30-21(15-29(3)26(32)24(25)30)23-19-10-6-4-8-17(19)12-13-18-9-5-7-11-20(18)23;1-25-13-18(26-21(23(25)29)22(28)19(27)12-24-26)20-16-8-4-2-6-14(16)10-11-15-7-3-5-9-17(15)20;1-3(2)4(5)6;;/h4-11,14,16,21,23H,12-13,15H2,1-3H3;2-9,12,18,20,28H,10-11,13H2,1H3;3H,1-2H3;2*1H4/t21-;18-;;;/m11.../s1. The molecule has 0 fully saturated rings. The van der Waals surface area contributed by atoms with Crippen LogP contribution in [0.4, 0.5) is 0 Å². The van der Waals surface area contributed by atoms with E-state index in [4.69, 9.17) is 16.3 Å². The second-order valence-corrected chi connectivity index (χ2v) is 18.9. The maximum Gasteiger partial charge on any atom is 0.313 e. The van der Waals surface area contributed by atoms with Crippen molar-refractivity contribution in [1.82, 2.24) is 29.4 Å². The molecule has 15 heteroatoms. The lowest BCUT2D eigenvalue weighted by Gasteiger charge is -2.38. The van der Waals surface area contributed by atoms with Gasteiger partial charge in [0.2, 0.25) is 21.8 Å². The van der Waals surface area contributed by atoms with E-state index in [0.29, 0.717) is 13.1 Å². The average Bonchev–Trinajstić information content (AvgIpc) is 3.61. The summed E-state index contributed by atoms with van der Waals surface area (Å²) in [5.41, 5.74) is 8.64. The van der Waals surface area contributed by atoms with Crippen LogP contribution in [-0.4, -0.2) is 84.7 Å². The number of carbonyl (C=O) groups is 4. The van der Waals surface area contributed by atoms with Crippen molar-refractivity contribution < 1.29 is 29.0 Å². The molecule has 1 N–H and O–H groups in total. The molecule has 6 aromatic rings. The first-order chi connectivity index (χ1) is 33.1. The number of amides is 2. The topological polar surface area (TPSA) is 174 Å². The largest absolute Gasteiger partial charge is 0.502 e. The molecule has 2 aliphatic carbocycles. The van der Waals surface area contributed by atoms with Crippen molar-refractivity contribution in [3.05, 3.63) is 186 Å². The van der Waals surface area contributed by atoms with E-state index in [9.17, 15) is 33.9 Å². The number of benzene rings is 4. The van der Waals surface area contributed by atoms with Gasteiger partial charge in [0.05, 0.1) is 30.4 Å². The van der Waals surface area contributed by atoms with Crippen molar-refractivity contribution in [3.8, 4) is 11.5 Å². The third-order valence-electron chi connectivity index (χ3n) is 13.4. The van der Waals surface area contributed by atoms with Gasteiger partial charge in [-0.1, -0.05) is 140 Å². The molecule has 0 unspecified atom stereocenters. The third-order valence-corrected chi connectivity index (χ3v) is 13.8. The minimum atomic E-state index is -0.639. The second kappa shape index (κ2) is 22.3. The summed E-state index contributed by atoms with van der Waals surface area (Å²) in [6, 6.07) is 33.0. The third kappa shape index (κ3) is 10.5. The number of aromatic hydroxyl groups is 1. The number of esters is 1. The molecule has 2 aromatic heterocycles. The number of halogens is 1. The van der Waals surface area contributed by atoms with Gasteiger partial charge in [0.1, 0.15) is 0 Å². The van der Waals surface area contributed by atoms with Crippen molar-refractivity contribution in [1.29, 1.82) is 0 Å². The van der Waals surface area contributed by atoms with Crippen molar-refractivity contribution in [2.75, 3.05) is 27.2 Å². The number of ether oxygens (including phenoxy) is 1. The first-order valence-corrected chi connectivity index (χ1v) is 23.6. The van der Waals surface area contributed by atoms with E-state index >= 15 is 0 Å². The van der Waals surface area contributed by atoms with E-state index in [0.717, 1.165) is 38.1 Å².